The number of carbonyl (C=O) groups excluding carboxylic acids is 2. The van der Waals surface area contributed by atoms with Crippen molar-refractivity contribution in [1.82, 2.24) is 15.1 Å². The molecule has 2 fully saturated rings. The maximum atomic E-state index is 13.2. The van der Waals surface area contributed by atoms with E-state index in [1.54, 1.807) is 16.8 Å². The van der Waals surface area contributed by atoms with Crippen LogP contribution in [0.5, 0.6) is 0 Å². The van der Waals surface area contributed by atoms with Gasteiger partial charge in [-0.25, -0.2) is 0 Å². The molecule has 6 heteroatoms. The summed E-state index contributed by atoms with van der Waals surface area (Å²) in [7, 11) is 0. The van der Waals surface area contributed by atoms with Gasteiger partial charge in [-0.3, -0.25) is 14.3 Å². The summed E-state index contributed by atoms with van der Waals surface area (Å²) in [5, 5.41) is 10.8. The van der Waals surface area contributed by atoms with Crippen LogP contribution >= 0.6 is 0 Å². The molecular weight excluding hydrogens is 364 g/mol. The Morgan fingerprint density at radius 3 is 2.38 bits per heavy atom. The number of hydrogen-bond acceptors (Lipinski definition) is 3. The van der Waals surface area contributed by atoms with Gasteiger partial charge in [0.05, 0.1) is 22.5 Å². The zero-order valence-electron chi connectivity index (χ0n) is 17.5. The Hall–Kier alpha value is -2.63. The van der Waals surface area contributed by atoms with Crippen molar-refractivity contribution >= 4 is 17.5 Å². The summed E-state index contributed by atoms with van der Waals surface area (Å²) in [6.45, 7) is 6.11. The van der Waals surface area contributed by atoms with Crippen molar-refractivity contribution < 1.29 is 9.59 Å². The van der Waals surface area contributed by atoms with Crippen LogP contribution in [0.2, 0.25) is 0 Å². The minimum Gasteiger partial charge on any atom is -0.349 e. The molecule has 1 aromatic carbocycles. The van der Waals surface area contributed by atoms with E-state index >= 15 is 0 Å². The Labute approximate surface area is 172 Å². The summed E-state index contributed by atoms with van der Waals surface area (Å²) in [6.07, 6.45) is 6.62. The first kappa shape index (κ1) is 19.7. The minimum absolute atomic E-state index is 0.129. The van der Waals surface area contributed by atoms with Crippen LogP contribution in [0.4, 0.5) is 5.69 Å². The van der Waals surface area contributed by atoms with E-state index in [9.17, 15) is 9.59 Å². The third-order valence-corrected chi connectivity index (χ3v) is 5.70. The third-order valence-electron chi connectivity index (χ3n) is 5.70. The lowest BCUT2D eigenvalue weighted by molar-refractivity contribution is 0.0938. The lowest BCUT2D eigenvalue weighted by atomic mass is 10.1. The normalized spacial score (nSPS) is 17.3. The Kier molecular flexibility index (Phi) is 5.19. The van der Waals surface area contributed by atoms with Crippen molar-refractivity contribution in [1.29, 1.82) is 0 Å². The van der Waals surface area contributed by atoms with Gasteiger partial charge in [-0.1, -0.05) is 25.0 Å². The summed E-state index contributed by atoms with van der Waals surface area (Å²) in [5.74, 6) is 0.103. The number of benzene rings is 1. The number of aromatic nitrogens is 2. The highest BCUT2D eigenvalue weighted by molar-refractivity contribution is 6.08. The molecule has 6 nitrogen and oxygen atoms in total. The maximum Gasteiger partial charge on any atom is 0.273 e. The van der Waals surface area contributed by atoms with Gasteiger partial charge in [0.15, 0.2) is 0 Å². The molecule has 0 atom stereocenters. The zero-order chi connectivity index (χ0) is 20.6. The first-order chi connectivity index (χ1) is 13.8. The Morgan fingerprint density at radius 1 is 1.03 bits per heavy atom. The van der Waals surface area contributed by atoms with Gasteiger partial charge in [-0.15, -0.1) is 0 Å². The molecule has 1 heterocycles. The van der Waals surface area contributed by atoms with Crippen molar-refractivity contribution in [2.75, 3.05) is 5.32 Å². The number of anilines is 1. The molecule has 29 heavy (non-hydrogen) atoms. The van der Waals surface area contributed by atoms with Gasteiger partial charge in [-0.05, 0) is 64.7 Å². The van der Waals surface area contributed by atoms with E-state index in [-0.39, 0.29) is 23.4 Å². The van der Waals surface area contributed by atoms with Crippen LogP contribution in [-0.4, -0.2) is 27.6 Å². The first-order valence-corrected chi connectivity index (χ1v) is 10.6. The Balaban J connectivity index is 1.57. The smallest absolute Gasteiger partial charge is 0.273 e. The van der Waals surface area contributed by atoms with E-state index in [0.717, 1.165) is 44.2 Å². The fourth-order valence-electron chi connectivity index (χ4n) is 3.96. The van der Waals surface area contributed by atoms with Gasteiger partial charge in [0, 0.05) is 12.0 Å². The molecule has 0 aliphatic heterocycles. The summed E-state index contributed by atoms with van der Waals surface area (Å²) in [4.78, 5) is 25.9. The second-order valence-electron chi connectivity index (χ2n) is 9.27. The second-order valence-corrected chi connectivity index (χ2v) is 9.27. The standard InChI is InChI=1S/C23H30N4O2/c1-23(2,3)27-20(14-19(26-27)15-12-13-15)22(29)25-18-11-7-6-10-17(18)21(28)24-16-8-4-5-9-16/h6-7,10-11,14-16H,4-5,8-9,12-13H2,1-3H3,(H,24,28)(H,25,29). The van der Waals surface area contributed by atoms with Gasteiger partial charge in [0.25, 0.3) is 11.8 Å². The highest BCUT2D eigenvalue weighted by atomic mass is 16.2. The van der Waals surface area contributed by atoms with Crippen molar-refractivity contribution in [3.8, 4) is 0 Å². The summed E-state index contributed by atoms with van der Waals surface area (Å²) in [6, 6.07) is 9.33. The molecule has 2 aromatic rings. The number of hydrogen-bond donors (Lipinski definition) is 2. The van der Waals surface area contributed by atoms with E-state index < -0.39 is 0 Å². The van der Waals surface area contributed by atoms with Crippen LogP contribution < -0.4 is 10.6 Å². The zero-order valence-corrected chi connectivity index (χ0v) is 17.5. The highest BCUT2D eigenvalue weighted by Gasteiger charge is 2.31. The molecule has 0 radical (unpaired) electrons. The molecule has 0 unspecified atom stereocenters. The van der Waals surface area contributed by atoms with Crippen LogP contribution in [-0.2, 0) is 5.54 Å². The Bertz CT molecular complexity index is 915. The molecule has 2 N–H and O–H groups in total. The van der Waals surface area contributed by atoms with E-state index in [1.165, 1.54) is 0 Å². The van der Waals surface area contributed by atoms with Gasteiger partial charge in [0.2, 0.25) is 0 Å². The molecule has 0 spiro atoms. The maximum absolute atomic E-state index is 13.2. The van der Waals surface area contributed by atoms with Crippen LogP contribution in [0.15, 0.2) is 30.3 Å². The molecule has 154 valence electrons. The van der Waals surface area contributed by atoms with E-state index in [1.807, 2.05) is 39.0 Å². The van der Waals surface area contributed by atoms with E-state index in [0.29, 0.717) is 22.9 Å². The molecule has 1 aromatic heterocycles. The van der Waals surface area contributed by atoms with Crippen LogP contribution in [0.3, 0.4) is 0 Å². The molecule has 0 saturated heterocycles. The topological polar surface area (TPSA) is 76.0 Å². The summed E-state index contributed by atoms with van der Waals surface area (Å²) >= 11 is 0. The fraction of sp³-hybridized carbons (Fsp3) is 0.522. The monoisotopic (exact) mass is 394 g/mol. The molecule has 2 saturated carbocycles. The molecule has 0 bridgehead atoms. The van der Waals surface area contributed by atoms with Crippen molar-refractivity contribution in [3.05, 3.63) is 47.3 Å². The van der Waals surface area contributed by atoms with Crippen molar-refractivity contribution in [2.24, 2.45) is 0 Å². The first-order valence-electron chi connectivity index (χ1n) is 10.6. The van der Waals surface area contributed by atoms with Crippen molar-refractivity contribution in [2.45, 2.75) is 76.8 Å². The number of para-hydroxylation sites is 1. The average molecular weight is 395 g/mol. The number of amides is 2. The highest BCUT2D eigenvalue weighted by Crippen LogP contribution is 2.40. The fourth-order valence-corrected chi connectivity index (χ4v) is 3.96. The van der Waals surface area contributed by atoms with Crippen molar-refractivity contribution in [3.63, 3.8) is 0 Å². The minimum atomic E-state index is -0.306. The molecule has 4 rings (SSSR count). The number of rotatable bonds is 5. The van der Waals surface area contributed by atoms with E-state index in [4.69, 9.17) is 5.10 Å². The Morgan fingerprint density at radius 2 is 1.72 bits per heavy atom. The number of nitrogens with one attached hydrogen (secondary N) is 2. The lowest BCUT2D eigenvalue weighted by Crippen LogP contribution is -2.33. The van der Waals surface area contributed by atoms with Gasteiger partial charge < -0.3 is 10.6 Å². The predicted molar refractivity (Wildman–Crippen MR) is 113 cm³/mol. The lowest BCUT2D eigenvalue weighted by Gasteiger charge is -2.22. The van der Waals surface area contributed by atoms with Gasteiger partial charge >= 0.3 is 0 Å². The molecular formula is C23H30N4O2. The average Bonchev–Trinajstić information content (AvgIpc) is 3.20. The quantitative estimate of drug-likeness (QED) is 0.787. The summed E-state index contributed by atoms with van der Waals surface area (Å²) < 4.78 is 1.80. The molecule has 2 aliphatic rings. The SMILES string of the molecule is CC(C)(C)n1nc(C2CC2)cc1C(=O)Nc1ccccc1C(=O)NC1CCCC1. The third kappa shape index (κ3) is 4.36. The van der Waals surface area contributed by atoms with Gasteiger partial charge in [-0.2, -0.15) is 5.10 Å². The number of carbonyl (C=O) groups is 2. The van der Waals surface area contributed by atoms with Gasteiger partial charge in [0.1, 0.15) is 5.69 Å². The molecule has 2 aliphatic carbocycles. The van der Waals surface area contributed by atoms with Crippen LogP contribution in [0.1, 0.15) is 91.8 Å². The molecule has 2 amide bonds. The second kappa shape index (κ2) is 7.65. The van der Waals surface area contributed by atoms with Crippen LogP contribution in [0.25, 0.3) is 0 Å². The summed E-state index contributed by atoms with van der Waals surface area (Å²) in [5.41, 5.74) is 2.24. The predicted octanol–water partition coefficient (Wildman–Crippen LogP) is 4.44. The van der Waals surface area contributed by atoms with Crippen LogP contribution in [0, 0.1) is 0 Å². The largest absolute Gasteiger partial charge is 0.349 e. The number of nitrogens with zero attached hydrogens (tertiary/aromatic N) is 2. The van der Waals surface area contributed by atoms with E-state index in [2.05, 4.69) is 10.6 Å².